The highest BCUT2D eigenvalue weighted by atomic mass is 79.9. The standard InChI is InChI=1S/C25H27BrN4O2/c1-16-11-17(12-24(31)30-19(14-27)15-29-25(2,3)4)5-8-22(16)32-23-9-10-28-21-7-6-18(26)13-20(21)23/h5-11,13-15H,12,27H2,1-4H3,(H,30,31). The van der Waals surface area contributed by atoms with E-state index in [-0.39, 0.29) is 17.9 Å². The van der Waals surface area contributed by atoms with E-state index >= 15 is 0 Å². The summed E-state index contributed by atoms with van der Waals surface area (Å²) in [6, 6.07) is 13.4. The number of carbonyl (C=O) groups excluding carboxylic acids is 1. The van der Waals surface area contributed by atoms with E-state index in [1.54, 1.807) is 12.4 Å². The average Bonchev–Trinajstić information content (AvgIpc) is 2.72. The van der Waals surface area contributed by atoms with Crippen molar-refractivity contribution in [3.8, 4) is 11.5 Å². The molecule has 0 aliphatic rings. The molecule has 3 aromatic rings. The Labute approximate surface area is 196 Å². The molecular formula is C25H27BrN4O2. The SMILES string of the molecule is Cc1cc(CC(=O)NC(C=NC(C)(C)C)=CN)ccc1Oc1ccnc2ccc(Br)cc12. The maximum Gasteiger partial charge on any atom is 0.228 e. The minimum absolute atomic E-state index is 0.167. The number of rotatable bonds is 6. The van der Waals surface area contributed by atoms with Crippen LogP contribution < -0.4 is 15.8 Å². The van der Waals surface area contributed by atoms with Gasteiger partial charge in [-0.1, -0.05) is 28.1 Å². The number of carbonyl (C=O) groups is 1. The number of nitrogens with one attached hydrogen (secondary N) is 1. The Kier molecular flexibility index (Phi) is 7.30. The first-order valence-corrected chi connectivity index (χ1v) is 11.0. The lowest BCUT2D eigenvalue weighted by molar-refractivity contribution is -0.119. The Morgan fingerprint density at radius 3 is 2.66 bits per heavy atom. The first kappa shape index (κ1) is 23.5. The molecule has 1 amide bonds. The van der Waals surface area contributed by atoms with Crippen molar-refractivity contribution >= 4 is 39.0 Å². The zero-order chi connectivity index (χ0) is 23.3. The van der Waals surface area contributed by atoms with Crippen LogP contribution in [0.2, 0.25) is 0 Å². The molecule has 0 bridgehead atoms. The second-order valence-corrected chi connectivity index (χ2v) is 9.36. The molecule has 7 heteroatoms. The summed E-state index contributed by atoms with van der Waals surface area (Å²) in [4.78, 5) is 21.2. The molecule has 0 saturated carbocycles. The van der Waals surface area contributed by atoms with Crippen molar-refractivity contribution in [3.05, 3.63) is 76.2 Å². The predicted molar refractivity (Wildman–Crippen MR) is 133 cm³/mol. The highest BCUT2D eigenvalue weighted by molar-refractivity contribution is 9.10. The largest absolute Gasteiger partial charge is 0.456 e. The summed E-state index contributed by atoms with van der Waals surface area (Å²) in [5, 5.41) is 3.71. The van der Waals surface area contributed by atoms with Crippen LogP contribution in [0.15, 0.2) is 70.0 Å². The number of aryl methyl sites for hydroxylation is 1. The van der Waals surface area contributed by atoms with Crippen LogP contribution in [0.1, 0.15) is 31.9 Å². The van der Waals surface area contributed by atoms with Gasteiger partial charge in [0.15, 0.2) is 0 Å². The van der Waals surface area contributed by atoms with Crippen molar-refractivity contribution in [2.24, 2.45) is 10.7 Å². The number of ether oxygens (including phenoxy) is 1. The number of hydrogen-bond donors (Lipinski definition) is 2. The molecule has 0 aliphatic heterocycles. The topological polar surface area (TPSA) is 89.6 Å². The number of benzene rings is 2. The van der Waals surface area contributed by atoms with Gasteiger partial charge in [0.05, 0.1) is 23.2 Å². The van der Waals surface area contributed by atoms with Gasteiger partial charge in [0.2, 0.25) is 5.91 Å². The van der Waals surface area contributed by atoms with Crippen LogP contribution in [0, 0.1) is 6.92 Å². The number of nitrogens with zero attached hydrogens (tertiary/aromatic N) is 2. The fraction of sp³-hybridized carbons (Fsp3) is 0.240. The highest BCUT2D eigenvalue weighted by Crippen LogP contribution is 2.32. The van der Waals surface area contributed by atoms with Crippen molar-refractivity contribution in [2.75, 3.05) is 0 Å². The lowest BCUT2D eigenvalue weighted by atomic mass is 10.1. The summed E-state index contributed by atoms with van der Waals surface area (Å²) >= 11 is 3.50. The molecule has 0 fully saturated rings. The van der Waals surface area contributed by atoms with Crippen molar-refractivity contribution in [1.82, 2.24) is 10.3 Å². The molecule has 1 aromatic heterocycles. The smallest absolute Gasteiger partial charge is 0.228 e. The Morgan fingerprint density at radius 2 is 1.97 bits per heavy atom. The van der Waals surface area contributed by atoms with Crippen LogP contribution in [0.5, 0.6) is 11.5 Å². The highest BCUT2D eigenvalue weighted by Gasteiger charge is 2.11. The minimum Gasteiger partial charge on any atom is -0.456 e. The molecule has 0 spiro atoms. The van der Waals surface area contributed by atoms with Gasteiger partial charge in [-0.05, 0) is 69.2 Å². The molecule has 0 saturated heterocycles. The molecule has 3 N–H and O–H groups in total. The average molecular weight is 495 g/mol. The van der Waals surface area contributed by atoms with Gasteiger partial charge in [-0.15, -0.1) is 0 Å². The summed E-state index contributed by atoms with van der Waals surface area (Å²) in [7, 11) is 0. The van der Waals surface area contributed by atoms with Crippen LogP contribution in [0.25, 0.3) is 10.9 Å². The lowest BCUT2D eigenvalue weighted by Gasteiger charge is -2.13. The Balaban J connectivity index is 1.71. The number of halogens is 1. The number of aromatic nitrogens is 1. The zero-order valence-corrected chi connectivity index (χ0v) is 20.2. The molecular weight excluding hydrogens is 468 g/mol. The molecule has 0 unspecified atom stereocenters. The van der Waals surface area contributed by atoms with Crippen LogP contribution in [-0.2, 0) is 11.2 Å². The van der Waals surface area contributed by atoms with Gasteiger partial charge in [0.1, 0.15) is 11.5 Å². The van der Waals surface area contributed by atoms with Gasteiger partial charge in [0, 0.05) is 28.5 Å². The van der Waals surface area contributed by atoms with Crippen LogP contribution in [-0.4, -0.2) is 22.6 Å². The third kappa shape index (κ3) is 6.40. The molecule has 6 nitrogen and oxygen atoms in total. The molecule has 1 heterocycles. The summed E-state index contributed by atoms with van der Waals surface area (Å²) in [5.41, 5.74) is 8.50. The van der Waals surface area contributed by atoms with E-state index < -0.39 is 0 Å². The lowest BCUT2D eigenvalue weighted by Crippen LogP contribution is -2.26. The van der Waals surface area contributed by atoms with Crippen molar-refractivity contribution in [2.45, 2.75) is 39.7 Å². The second-order valence-electron chi connectivity index (χ2n) is 8.45. The number of allylic oxidation sites excluding steroid dienone is 1. The molecule has 0 radical (unpaired) electrons. The van der Waals surface area contributed by atoms with Gasteiger partial charge in [-0.25, -0.2) is 0 Å². The zero-order valence-electron chi connectivity index (χ0n) is 18.6. The summed E-state index contributed by atoms with van der Waals surface area (Å²) in [5.74, 6) is 1.28. The summed E-state index contributed by atoms with van der Waals surface area (Å²) in [6.45, 7) is 7.87. The van der Waals surface area contributed by atoms with Crippen LogP contribution in [0.4, 0.5) is 0 Å². The van der Waals surface area contributed by atoms with E-state index in [9.17, 15) is 4.79 Å². The molecule has 0 atom stereocenters. The quantitative estimate of drug-likeness (QED) is 0.447. The number of fused-ring (bicyclic) bond motifs is 1. The van der Waals surface area contributed by atoms with Gasteiger partial charge < -0.3 is 15.8 Å². The second kappa shape index (κ2) is 9.96. The van der Waals surface area contributed by atoms with E-state index in [2.05, 4.69) is 31.2 Å². The molecule has 166 valence electrons. The fourth-order valence-electron chi connectivity index (χ4n) is 3.01. The normalized spacial score (nSPS) is 12.3. The third-order valence-electron chi connectivity index (χ3n) is 4.54. The molecule has 32 heavy (non-hydrogen) atoms. The number of pyridine rings is 1. The maximum atomic E-state index is 12.5. The van der Waals surface area contributed by atoms with Gasteiger partial charge in [-0.2, -0.15) is 0 Å². The Bertz CT molecular complexity index is 1200. The fourth-order valence-corrected chi connectivity index (χ4v) is 3.37. The van der Waals surface area contributed by atoms with E-state index in [0.29, 0.717) is 5.70 Å². The summed E-state index contributed by atoms with van der Waals surface area (Å²) in [6.07, 6.45) is 4.86. The van der Waals surface area contributed by atoms with E-state index in [1.165, 1.54) is 6.20 Å². The van der Waals surface area contributed by atoms with E-state index in [4.69, 9.17) is 10.5 Å². The van der Waals surface area contributed by atoms with E-state index in [0.717, 1.165) is 38.0 Å². The van der Waals surface area contributed by atoms with Crippen molar-refractivity contribution in [1.29, 1.82) is 0 Å². The minimum atomic E-state index is -0.248. The van der Waals surface area contributed by atoms with E-state index in [1.807, 2.05) is 70.2 Å². The Hall–Kier alpha value is -3.19. The first-order chi connectivity index (χ1) is 15.1. The Morgan fingerprint density at radius 1 is 1.19 bits per heavy atom. The predicted octanol–water partition coefficient (Wildman–Crippen LogP) is 5.43. The van der Waals surface area contributed by atoms with Gasteiger partial charge >= 0.3 is 0 Å². The monoisotopic (exact) mass is 494 g/mol. The summed E-state index contributed by atoms with van der Waals surface area (Å²) < 4.78 is 7.14. The van der Waals surface area contributed by atoms with Gasteiger partial charge in [-0.3, -0.25) is 14.8 Å². The van der Waals surface area contributed by atoms with Crippen molar-refractivity contribution in [3.63, 3.8) is 0 Å². The molecule has 2 aromatic carbocycles. The number of hydrogen-bond acceptors (Lipinski definition) is 5. The third-order valence-corrected chi connectivity index (χ3v) is 5.04. The number of amides is 1. The number of nitrogens with two attached hydrogens (primary N) is 1. The maximum absolute atomic E-state index is 12.5. The van der Waals surface area contributed by atoms with Gasteiger partial charge in [0.25, 0.3) is 0 Å². The first-order valence-electron chi connectivity index (χ1n) is 10.2. The molecule has 3 rings (SSSR count). The number of aliphatic imine (C=N–C) groups is 1. The van der Waals surface area contributed by atoms with Crippen LogP contribution in [0.3, 0.4) is 0 Å². The van der Waals surface area contributed by atoms with Crippen molar-refractivity contribution < 1.29 is 9.53 Å². The van der Waals surface area contributed by atoms with Crippen LogP contribution >= 0.6 is 15.9 Å². The molecule has 0 aliphatic carbocycles.